The number of amides is 1. The van der Waals surface area contributed by atoms with Crippen LogP contribution in [0.15, 0.2) is 42.5 Å². The van der Waals surface area contributed by atoms with Crippen molar-refractivity contribution in [1.29, 1.82) is 0 Å². The Morgan fingerprint density at radius 1 is 1.12 bits per heavy atom. The molecule has 1 atom stereocenters. The molecular formula is C19H17NO5. The topological polar surface area (TPSA) is 76.1 Å². The van der Waals surface area contributed by atoms with E-state index in [1.54, 1.807) is 30.3 Å². The van der Waals surface area contributed by atoms with Crippen molar-refractivity contribution >= 4 is 11.9 Å². The fraction of sp³-hybridized carbons (Fsp3) is 0.263. The van der Waals surface area contributed by atoms with Crippen molar-refractivity contribution in [3.05, 3.63) is 59.2 Å². The van der Waals surface area contributed by atoms with Gasteiger partial charge in [-0.2, -0.15) is 0 Å². The van der Waals surface area contributed by atoms with Crippen molar-refractivity contribution in [2.24, 2.45) is 0 Å². The van der Waals surface area contributed by atoms with E-state index in [9.17, 15) is 14.7 Å². The largest absolute Gasteiger partial charge is 0.479 e. The maximum atomic E-state index is 12.8. The fourth-order valence-electron chi connectivity index (χ4n) is 3.43. The van der Waals surface area contributed by atoms with Crippen molar-refractivity contribution in [3.8, 4) is 11.5 Å². The molecule has 0 fully saturated rings. The van der Waals surface area contributed by atoms with Crippen LogP contribution in [-0.2, 0) is 22.4 Å². The fourth-order valence-corrected chi connectivity index (χ4v) is 3.43. The van der Waals surface area contributed by atoms with E-state index in [1.165, 1.54) is 4.90 Å². The summed E-state index contributed by atoms with van der Waals surface area (Å²) in [7, 11) is 0. The van der Waals surface area contributed by atoms with Gasteiger partial charge in [0, 0.05) is 6.54 Å². The molecule has 2 aliphatic rings. The van der Waals surface area contributed by atoms with Gasteiger partial charge in [-0.1, -0.05) is 30.3 Å². The number of fused-ring (bicyclic) bond motifs is 2. The molecule has 6 nitrogen and oxygen atoms in total. The molecule has 6 heteroatoms. The number of hydrogen-bond donors (Lipinski definition) is 1. The summed E-state index contributed by atoms with van der Waals surface area (Å²) in [6.45, 7) is 0.577. The van der Waals surface area contributed by atoms with Gasteiger partial charge in [0.1, 0.15) is 0 Å². The predicted molar refractivity (Wildman–Crippen MR) is 88.5 cm³/mol. The molecule has 2 aromatic rings. The smallest absolute Gasteiger partial charge is 0.331 e. The van der Waals surface area contributed by atoms with E-state index in [0.29, 0.717) is 30.0 Å². The molecule has 0 bridgehead atoms. The molecule has 1 unspecified atom stereocenters. The first-order valence-electron chi connectivity index (χ1n) is 8.12. The lowest BCUT2D eigenvalue weighted by molar-refractivity contribution is -0.151. The SMILES string of the molecule is O=C(O)C1c2ccccc2CCN1C(=O)Cc1ccc2c(c1)OCO2. The van der Waals surface area contributed by atoms with Crippen LogP contribution in [0.4, 0.5) is 0 Å². The van der Waals surface area contributed by atoms with Gasteiger partial charge in [-0.3, -0.25) is 4.79 Å². The van der Waals surface area contributed by atoms with E-state index in [0.717, 1.165) is 11.1 Å². The van der Waals surface area contributed by atoms with E-state index in [1.807, 2.05) is 12.1 Å². The zero-order valence-corrected chi connectivity index (χ0v) is 13.5. The molecule has 25 heavy (non-hydrogen) atoms. The Balaban J connectivity index is 1.58. The van der Waals surface area contributed by atoms with Crippen LogP contribution in [0, 0.1) is 0 Å². The van der Waals surface area contributed by atoms with Crippen molar-refractivity contribution in [3.63, 3.8) is 0 Å². The van der Waals surface area contributed by atoms with Gasteiger partial charge in [-0.25, -0.2) is 4.79 Å². The minimum atomic E-state index is -1.01. The van der Waals surface area contributed by atoms with Gasteiger partial charge in [0.15, 0.2) is 17.5 Å². The normalized spacial score (nSPS) is 17.9. The number of benzene rings is 2. The predicted octanol–water partition coefficient (Wildman–Crippen LogP) is 2.17. The van der Waals surface area contributed by atoms with Crippen LogP contribution in [0.5, 0.6) is 11.5 Å². The summed E-state index contributed by atoms with van der Waals surface area (Å²) in [6, 6.07) is 11.8. The molecular weight excluding hydrogens is 322 g/mol. The lowest BCUT2D eigenvalue weighted by atomic mass is 9.92. The molecule has 1 amide bonds. The Labute approximate surface area is 144 Å². The summed E-state index contributed by atoms with van der Waals surface area (Å²) in [5.41, 5.74) is 2.46. The molecule has 2 heterocycles. The third-order valence-corrected chi connectivity index (χ3v) is 4.63. The Bertz CT molecular complexity index is 847. The minimum Gasteiger partial charge on any atom is -0.479 e. The van der Waals surface area contributed by atoms with Gasteiger partial charge in [0.2, 0.25) is 12.7 Å². The van der Waals surface area contributed by atoms with Gasteiger partial charge >= 0.3 is 5.97 Å². The number of carbonyl (C=O) groups is 2. The molecule has 2 aliphatic heterocycles. The highest BCUT2D eigenvalue weighted by molar-refractivity contribution is 5.86. The van der Waals surface area contributed by atoms with E-state index in [-0.39, 0.29) is 19.1 Å². The number of carboxylic acids is 1. The number of nitrogens with zero attached hydrogens (tertiary/aromatic N) is 1. The Hall–Kier alpha value is -3.02. The first-order chi connectivity index (χ1) is 12.1. The molecule has 0 saturated carbocycles. The lowest BCUT2D eigenvalue weighted by Gasteiger charge is -2.34. The molecule has 0 aromatic heterocycles. The summed E-state index contributed by atoms with van der Waals surface area (Å²) >= 11 is 0. The van der Waals surface area contributed by atoms with Crippen LogP contribution in [-0.4, -0.2) is 35.2 Å². The third-order valence-electron chi connectivity index (χ3n) is 4.63. The van der Waals surface area contributed by atoms with Crippen molar-refractivity contribution in [2.45, 2.75) is 18.9 Å². The first kappa shape index (κ1) is 15.5. The quantitative estimate of drug-likeness (QED) is 0.927. The first-order valence-corrected chi connectivity index (χ1v) is 8.12. The molecule has 2 aromatic carbocycles. The Morgan fingerprint density at radius 2 is 1.92 bits per heavy atom. The van der Waals surface area contributed by atoms with Gasteiger partial charge in [-0.05, 0) is 35.2 Å². The molecule has 1 N–H and O–H groups in total. The van der Waals surface area contributed by atoms with Crippen LogP contribution in [0.1, 0.15) is 22.7 Å². The molecule has 4 rings (SSSR count). The average Bonchev–Trinajstić information content (AvgIpc) is 3.08. The van der Waals surface area contributed by atoms with Crippen LogP contribution in [0.2, 0.25) is 0 Å². The van der Waals surface area contributed by atoms with Gasteiger partial charge < -0.3 is 19.5 Å². The van der Waals surface area contributed by atoms with Crippen LogP contribution < -0.4 is 9.47 Å². The molecule has 0 spiro atoms. The van der Waals surface area contributed by atoms with Crippen LogP contribution in [0.25, 0.3) is 0 Å². The zero-order chi connectivity index (χ0) is 17.4. The summed E-state index contributed by atoms with van der Waals surface area (Å²) in [6.07, 6.45) is 0.787. The number of aliphatic carboxylic acids is 1. The van der Waals surface area contributed by atoms with Crippen molar-refractivity contribution < 1.29 is 24.2 Å². The Morgan fingerprint density at radius 3 is 2.76 bits per heavy atom. The van der Waals surface area contributed by atoms with Gasteiger partial charge in [0.25, 0.3) is 0 Å². The van der Waals surface area contributed by atoms with Crippen molar-refractivity contribution in [1.82, 2.24) is 4.90 Å². The summed E-state index contributed by atoms with van der Waals surface area (Å²) in [5, 5.41) is 9.67. The molecule has 0 radical (unpaired) electrons. The number of ether oxygens (including phenoxy) is 2. The highest BCUT2D eigenvalue weighted by atomic mass is 16.7. The monoisotopic (exact) mass is 339 g/mol. The Kier molecular flexibility index (Phi) is 3.80. The van der Waals surface area contributed by atoms with Crippen LogP contribution >= 0.6 is 0 Å². The minimum absolute atomic E-state index is 0.128. The van der Waals surface area contributed by atoms with Crippen molar-refractivity contribution in [2.75, 3.05) is 13.3 Å². The van der Waals surface area contributed by atoms with E-state index < -0.39 is 12.0 Å². The number of carbonyl (C=O) groups excluding carboxylic acids is 1. The van der Waals surface area contributed by atoms with E-state index >= 15 is 0 Å². The number of carboxylic acid groups (broad SMARTS) is 1. The standard InChI is InChI=1S/C19H17NO5/c21-17(10-12-5-6-15-16(9-12)25-11-24-15)20-8-7-13-3-1-2-4-14(13)18(20)19(22)23/h1-6,9,18H,7-8,10-11H2,(H,22,23). The maximum absolute atomic E-state index is 12.8. The summed E-state index contributed by atoms with van der Waals surface area (Å²) in [4.78, 5) is 26.0. The summed E-state index contributed by atoms with van der Waals surface area (Å²) < 4.78 is 10.6. The number of rotatable bonds is 3. The molecule has 0 saturated heterocycles. The zero-order valence-electron chi connectivity index (χ0n) is 13.5. The average molecular weight is 339 g/mol. The third kappa shape index (κ3) is 2.80. The van der Waals surface area contributed by atoms with Gasteiger partial charge in [0.05, 0.1) is 6.42 Å². The highest BCUT2D eigenvalue weighted by Gasteiger charge is 2.35. The summed E-state index contributed by atoms with van der Waals surface area (Å²) in [5.74, 6) is 0.0579. The maximum Gasteiger partial charge on any atom is 0.331 e. The lowest BCUT2D eigenvalue weighted by Crippen LogP contribution is -2.44. The molecule has 0 aliphatic carbocycles. The number of hydrogen-bond acceptors (Lipinski definition) is 4. The van der Waals surface area contributed by atoms with Gasteiger partial charge in [-0.15, -0.1) is 0 Å². The molecule has 128 valence electrons. The van der Waals surface area contributed by atoms with Crippen LogP contribution in [0.3, 0.4) is 0 Å². The second-order valence-corrected chi connectivity index (χ2v) is 6.14. The van der Waals surface area contributed by atoms with E-state index in [4.69, 9.17) is 9.47 Å². The second-order valence-electron chi connectivity index (χ2n) is 6.14. The highest BCUT2D eigenvalue weighted by Crippen LogP contribution is 2.34. The second kappa shape index (κ2) is 6.12. The van der Waals surface area contributed by atoms with E-state index in [2.05, 4.69) is 0 Å².